The van der Waals surface area contributed by atoms with Crippen LogP contribution in [0.5, 0.6) is 0 Å². The van der Waals surface area contributed by atoms with Crippen molar-refractivity contribution in [3.05, 3.63) is 48.0 Å². The molecule has 1 aromatic carbocycles. The Kier molecular flexibility index (Phi) is 4.38. The molecule has 2 unspecified atom stereocenters. The van der Waals surface area contributed by atoms with Crippen molar-refractivity contribution in [3.8, 4) is 0 Å². The number of benzene rings is 1. The van der Waals surface area contributed by atoms with Crippen LogP contribution >= 0.6 is 0 Å². The van der Waals surface area contributed by atoms with E-state index in [1.54, 1.807) is 0 Å². The predicted octanol–water partition coefficient (Wildman–Crippen LogP) is 3.66. The first kappa shape index (κ1) is 12.4. The summed E-state index contributed by atoms with van der Waals surface area (Å²) in [7, 11) is 0. The van der Waals surface area contributed by atoms with E-state index in [1.165, 1.54) is 36.8 Å². The van der Waals surface area contributed by atoms with Crippen LogP contribution in [0.2, 0.25) is 0 Å². The van der Waals surface area contributed by atoms with Crippen molar-refractivity contribution in [2.24, 2.45) is 0 Å². The fourth-order valence-electron chi connectivity index (χ4n) is 2.87. The highest BCUT2D eigenvalue weighted by atomic mass is 14.9. The molecule has 0 spiro atoms. The average Bonchev–Trinajstić information content (AvgIpc) is 2.40. The summed E-state index contributed by atoms with van der Waals surface area (Å²) in [4.78, 5) is 0. The minimum atomic E-state index is 0.427. The Bertz CT molecular complexity index is 370. The van der Waals surface area contributed by atoms with Crippen molar-refractivity contribution >= 4 is 0 Å². The highest BCUT2D eigenvalue weighted by Crippen LogP contribution is 2.34. The zero-order chi connectivity index (χ0) is 12.1. The van der Waals surface area contributed by atoms with Crippen molar-refractivity contribution in [2.45, 2.75) is 44.6 Å². The average molecular weight is 229 g/mol. The molecular formula is C16H23N. The highest BCUT2D eigenvalue weighted by Gasteiger charge is 2.25. The third kappa shape index (κ3) is 2.78. The number of nitrogens with one attached hydrogen (secondary N) is 1. The molecule has 2 rings (SSSR count). The van der Waals surface area contributed by atoms with Crippen molar-refractivity contribution < 1.29 is 0 Å². The molecule has 1 nitrogen and oxygen atoms in total. The Hall–Kier alpha value is -1.08. The van der Waals surface area contributed by atoms with Gasteiger partial charge in [-0.05, 0) is 43.4 Å². The fourth-order valence-corrected chi connectivity index (χ4v) is 2.87. The number of hydrogen-bond donors (Lipinski definition) is 1. The molecule has 0 aliphatic heterocycles. The van der Waals surface area contributed by atoms with Gasteiger partial charge in [0.2, 0.25) is 0 Å². The molecule has 0 amide bonds. The van der Waals surface area contributed by atoms with Gasteiger partial charge in [0.25, 0.3) is 0 Å². The topological polar surface area (TPSA) is 12.0 Å². The standard InChI is InChI=1S/C16H23N/c1-3-12-17-16(4-2)15-11-7-9-13-8-5-6-10-14(13)15/h4-6,8,10,15-17H,2-3,7,9,11-12H2,1H3. The highest BCUT2D eigenvalue weighted by molar-refractivity contribution is 5.34. The number of fused-ring (bicyclic) bond motifs is 1. The second kappa shape index (κ2) is 6.02. The molecule has 1 aliphatic rings. The van der Waals surface area contributed by atoms with Gasteiger partial charge in [-0.25, -0.2) is 0 Å². The van der Waals surface area contributed by atoms with E-state index in [-0.39, 0.29) is 0 Å². The fraction of sp³-hybridized carbons (Fsp3) is 0.500. The molecule has 1 aromatic rings. The Morgan fingerprint density at radius 3 is 3.06 bits per heavy atom. The zero-order valence-corrected chi connectivity index (χ0v) is 10.8. The van der Waals surface area contributed by atoms with E-state index in [9.17, 15) is 0 Å². The third-order valence-electron chi connectivity index (χ3n) is 3.73. The molecule has 0 fully saturated rings. The zero-order valence-electron chi connectivity index (χ0n) is 10.8. The Morgan fingerprint density at radius 1 is 1.47 bits per heavy atom. The number of hydrogen-bond acceptors (Lipinski definition) is 1. The van der Waals surface area contributed by atoms with Crippen molar-refractivity contribution in [1.29, 1.82) is 0 Å². The van der Waals surface area contributed by atoms with Gasteiger partial charge in [0.05, 0.1) is 0 Å². The lowest BCUT2D eigenvalue weighted by molar-refractivity contribution is 0.444. The quantitative estimate of drug-likeness (QED) is 0.760. The molecule has 0 radical (unpaired) electrons. The molecule has 1 aliphatic carbocycles. The van der Waals surface area contributed by atoms with Crippen molar-refractivity contribution in [2.75, 3.05) is 6.54 Å². The first-order chi connectivity index (χ1) is 8.36. The predicted molar refractivity (Wildman–Crippen MR) is 74.4 cm³/mol. The van der Waals surface area contributed by atoms with Crippen molar-refractivity contribution in [3.63, 3.8) is 0 Å². The second-order valence-electron chi connectivity index (χ2n) is 4.91. The van der Waals surface area contributed by atoms with Gasteiger partial charge in [-0.2, -0.15) is 0 Å². The minimum absolute atomic E-state index is 0.427. The van der Waals surface area contributed by atoms with Crippen LogP contribution in [-0.4, -0.2) is 12.6 Å². The molecule has 17 heavy (non-hydrogen) atoms. The molecule has 0 heterocycles. The first-order valence-corrected chi connectivity index (χ1v) is 6.80. The SMILES string of the molecule is C=CC(NCCC)C1CCCc2ccccc21. The summed E-state index contributed by atoms with van der Waals surface area (Å²) in [5.74, 6) is 0.615. The summed E-state index contributed by atoms with van der Waals surface area (Å²) >= 11 is 0. The summed E-state index contributed by atoms with van der Waals surface area (Å²) < 4.78 is 0. The van der Waals surface area contributed by atoms with Gasteiger partial charge in [-0.3, -0.25) is 0 Å². The lowest BCUT2D eigenvalue weighted by atomic mass is 9.78. The molecule has 0 aromatic heterocycles. The van der Waals surface area contributed by atoms with Gasteiger partial charge in [-0.1, -0.05) is 37.3 Å². The van der Waals surface area contributed by atoms with Crippen molar-refractivity contribution in [1.82, 2.24) is 5.32 Å². The van der Waals surface area contributed by atoms with Crippen LogP contribution in [-0.2, 0) is 6.42 Å². The van der Waals surface area contributed by atoms with E-state index in [1.807, 2.05) is 0 Å². The summed E-state index contributed by atoms with van der Waals surface area (Å²) in [5.41, 5.74) is 3.07. The number of aryl methyl sites for hydroxylation is 1. The minimum Gasteiger partial charge on any atom is -0.310 e. The van der Waals surface area contributed by atoms with E-state index in [2.05, 4.69) is 49.2 Å². The number of rotatable bonds is 5. The third-order valence-corrected chi connectivity index (χ3v) is 3.73. The summed E-state index contributed by atoms with van der Waals surface area (Å²) in [6.45, 7) is 7.29. The maximum absolute atomic E-state index is 4.00. The van der Waals surface area contributed by atoms with Gasteiger partial charge in [0, 0.05) is 12.0 Å². The molecule has 1 N–H and O–H groups in total. The van der Waals surface area contributed by atoms with Crippen LogP contribution in [0.1, 0.15) is 43.2 Å². The van der Waals surface area contributed by atoms with Crippen LogP contribution < -0.4 is 5.32 Å². The van der Waals surface area contributed by atoms with E-state index >= 15 is 0 Å². The largest absolute Gasteiger partial charge is 0.310 e. The van der Waals surface area contributed by atoms with Crippen LogP contribution in [0.25, 0.3) is 0 Å². The van der Waals surface area contributed by atoms with E-state index in [0.29, 0.717) is 12.0 Å². The van der Waals surface area contributed by atoms with Gasteiger partial charge >= 0.3 is 0 Å². The van der Waals surface area contributed by atoms with Gasteiger partial charge in [0.1, 0.15) is 0 Å². The second-order valence-corrected chi connectivity index (χ2v) is 4.91. The Labute approximate surface area is 105 Å². The van der Waals surface area contributed by atoms with Gasteiger partial charge < -0.3 is 5.32 Å². The molecule has 0 bridgehead atoms. The normalized spacial score (nSPS) is 20.6. The maximum atomic E-state index is 4.00. The molecule has 0 saturated carbocycles. The summed E-state index contributed by atoms with van der Waals surface area (Å²) in [6, 6.07) is 9.32. The van der Waals surface area contributed by atoms with E-state index < -0.39 is 0 Å². The molecule has 0 saturated heterocycles. The first-order valence-electron chi connectivity index (χ1n) is 6.80. The molecule has 2 atom stereocenters. The smallest absolute Gasteiger partial charge is 0.0316 e. The molecule has 1 heteroatoms. The maximum Gasteiger partial charge on any atom is 0.0316 e. The van der Waals surface area contributed by atoms with Crippen LogP contribution in [0, 0.1) is 0 Å². The molecule has 92 valence electrons. The van der Waals surface area contributed by atoms with E-state index in [0.717, 1.165) is 6.54 Å². The van der Waals surface area contributed by atoms with Gasteiger partial charge in [0.15, 0.2) is 0 Å². The lowest BCUT2D eigenvalue weighted by Gasteiger charge is -2.31. The monoisotopic (exact) mass is 229 g/mol. The summed E-state index contributed by atoms with van der Waals surface area (Å²) in [6.07, 6.45) is 7.09. The van der Waals surface area contributed by atoms with Crippen LogP contribution in [0.3, 0.4) is 0 Å². The Balaban J connectivity index is 2.18. The van der Waals surface area contributed by atoms with Crippen LogP contribution in [0.4, 0.5) is 0 Å². The lowest BCUT2D eigenvalue weighted by Crippen LogP contribution is -2.35. The Morgan fingerprint density at radius 2 is 2.29 bits per heavy atom. The molecular weight excluding hydrogens is 206 g/mol. The van der Waals surface area contributed by atoms with Gasteiger partial charge in [-0.15, -0.1) is 6.58 Å². The van der Waals surface area contributed by atoms with E-state index in [4.69, 9.17) is 0 Å². The summed E-state index contributed by atoms with van der Waals surface area (Å²) in [5, 5.41) is 3.61. The van der Waals surface area contributed by atoms with Crippen LogP contribution in [0.15, 0.2) is 36.9 Å².